The van der Waals surface area contributed by atoms with Crippen LogP contribution < -0.4 is 4.90 Å². The van der Waals surface area contributed by atoms with Crippen molar-refractivity contribution >= 4 is 28.4 Å². The van der Waals surface area contributed by atoms with E-state index in [0.717, 1.165) is 63.1 Å². The molecule has 3 aliphatic heterocycles. The molecule has 0 saturated carbocycles. The summed E-state index contributed by atoms with van der Waals surface area (Å²) in [5.74, 6) is -0.186. The number of thioether (sulfide) groups is 1. The summed E-state index contributed by atoms with van der Waals surface area (Å²) in [5.41, 5.74) is 6.14. The van der Waals surface area contributed by atoms with Crippen LogP contribution in [0.2, 0.25) is 0 Å². The summed E-state index contributed by atoms with van der Waals surface area (Å²) in [5, 5.41) is 2.51. The fourth-order valence-electron chi connectivity index (χ4n) is 4.77. The summed E-state index contributed by atoms with van der Waals surface area (Å²) in [6.45, 7) is 5.45. The molecule has 6 rings (SSSR count). The zero-order valence-corrected chi connectivity index (χ0v) is 17.6. The first-order valence-electron chi connectivity index (χ1n) is 10.6. The summed E-state index contributed by atoms with van der Waals surface area (Å²) in [6, 6.07) is 12.0. The Morgan fingerprint density at radius 2 is 1.90 bits per heavy atom. The van der Waals surface area contributed by atoms with Crippen LogP contribution in [0.25, 0.3) is 10.9 Å². The van der Waals surface area contributed by atoms with E-state index in [-0.39, 0.29) is 5.82 Å². The number of halogens is 1. The van der Waals surface area contributed by atoms with Crippen molar-refractivity contribution in [2.45, 2.75) is 24.3 Å². The average Bonchev–Trinajstić information content (AvgIpc) is 3.15. The predicted octanol–water partition coefficient (Wildman–Crippen LogP) is 4.69. The summed E-state index contributed by atoms with van der Waals surface area (Å²) < 4.78 is 19.1. The van der Waals surface area contributed by atoms with Crippen LogP contribution in [0.1, 0.15) is 16.8 Å². The molecule has 4 heterocycles. The second-order valence-electron chi connectivity index (χ2n) is 8.18. The number of hydrogen-bond acceptors (Lipinski definition) is 4. The highest BCUT2D eigenvalue weighted by atomic mass is 32.2. The van der Waals surface area contributed by atoms with Gasteiger partial charge in [0.05, 0.1) is 18.2 Å². The number of aromatic amines is 1. The van der Waals surface area contributed by atoms with Gasteiger partial charge in [-0.05, 0) is 54.5 Å². The predicted molar refractivity (Wildman–Crippen MR) is 119 cm³/mol. The van der Waals surface area contributed by atoms with Crippen LogP contribution in [0.5, 0.6) is 0 Å². The molecule has 0 atom stereocenters. The molecule has 0 bridgehead atoms. The van der Waals surface area contributed by atoms with Crippen molar-refractivity contribution in [1.29, 1.82) is 0 Å². The van der Waals surface area contributed by atoms with E-state index >= 15 is 0 Å². The van der Waals surface area contributed by atoms with Gasteiger partial charge in [-0.2, -0.15) is 0 Å². The van der Waals surface area contributed by atoms with Gasteiger partial charge in [-0.25, -0.2) is 4.39 Å². The Kier molecular flexibility index (Phi) is 4.50. The van der Waals surface area contributed by atoms with Crippen LogP contribution in [-0.4, -0.2) is 42.7 Å². The van der Waals surface area contributed by atoms with Gasteiger partial charge in [-0.3, -0.25) is 0 Å². The van der Waals surface area contributed by atoms with Crippen molar-refractivity contribution in [1.82, 2.24) is 9.88 Å². The lowest BCUT2D eigenvalue weighted by Crippen LogP contribution is -2.35. The van der Waals surface area contributed by atoms with Crippen LogP contribution in [0, 0.1) is 5.82 Å². The molecule has 3 aromatic rings. The highest BCUT2D eigenvalue weighted by Crippen LogP contribution is 2.39. The lowest BCUT2D eigenvalue weighted by Gasteiger charge is -2.33. The highest BCUT2D eigenvalue weighted by Gasteiger charge is 2.23. The first-order chi connectivity index (χ1) is 14.7. The minimum Gasteiger partial charge on any atom is -0.378 e. The molecule has 0 spiro atoms. The number of benzene rings is 2. The first-order valence-corrected chi connectivity index (χ1v) is 11.4. The third-order valence-corrected chi connectivity index (χ3v) is 7.63. The zero-order chi connectivity index (χ0) is 20.1. The molecule has 4 nitrogen and oxygen atoms in total. The van der Waals surface area contributed by atoms with Crippen molar-refractivity contribution in [3.05, 3.63) is 70.1 Å². The van der Waals surface area contributed by atoms with Crippen LogP contribution >= 0.6 is 11.8 Å². The van der Waals surface area contributed by atoms with E-state index in [0.29, 0.717) is 0 Å². The zero-order valence-electron chi connectivity index (χ0n) is 16.8. The fraction of sp³-hybridized carbons (Fsp3) is 0.333. The molecule has 1 aromatic heterocycles. The molecule has 0 unspecified atom stereocenters. The van der Waals surface area contributed by atoms with Crippen molar-refractivity contribution in [3.63, 3.8) is 0 Å². The van der Waals surface area contributed by atoms with E-state index in [1.807, 2.05) is 17.8 Å². The van der Waals surface area contributed by atoms with Gasteiger partial charge in [0.1, 0.15) is 5.82 Å². The number of H-pyrrole nitrogens is 1. The summed E-state index contributed by atoms with van der Waals surface area (Å²) in [4.78, 5) is 9.68. The van der Waals surface area contributed by atoms with E-state index < -0.39 is 0 Å². The molecule has 1 saturated heterocycles. The Morgan fingerprint density at radius 3 is 2.80 bits per heavy atom. The molecule has 1 fully saturated rings. The van der Waals surface area contributed by atoms with Gasteiger partial charge in [0.2, 0.25) is 0 Å². The molecule has 154 valence electrons. The second kappa shape index (κ2) is 7.36. The molecule has 0 radical (unpaired) electrons. The van der Waals surface area contributed by atoms with Crippen molar-refractivity contribution in [3.8, 4) is 0 Å². The average molecular weight is 422 g/mol. The molecule has 0 aliphatic carbocycles. The van der Waals surface area contributed by atoms with E-state index in [4.69, 9.17) is 4.74 Å². The monoisotopic (exact) mass is 421 g/mol. The molecular formula is C24H24FN3OS. The first kappa shape index (κ1) is 18.3. The normalized spacial score (nSPS) is 18.9. The van der Waals surface area contributed by atoms with Crippen LogP contribution in [0.15, 0.2) is 52.4 Å². The van der Waals surface area contributed by atoms with Gasteiger partial charge in [-0.1, -0.05) is 11.8 Å². The number of anilines is 1. The van der Waals surface area contributed by atoms with Gasteiger partial charge in [-0.15, -0.1) is 0 Å². The summed E-state index contributed by atoms with van der Waals surface area (Å²) in [7, 11) is 0. The Morgan fingerprint density at radius 1 is 1.00 bits per heavy atom. The van der Waals surface area contributed by atoms with Gasteiger partial charge >= 0.3 is 0 Å². The fourth-order valence-corrected chi connectivity index (χ4v) is 5.88. The Bertz CT molecular complexity index is 1150. The third kappa shape index (κ3) is 3.19. The van der Waals surface area contributed by atoms with Gasteiger partial charge in [0.15, 0.2) is 0 Å². The topological polar surface area (TPSA) is 31.5 Å². The van der Waals surface area contributed by atoms with E-state index in [9.17, 15) is 4.39 Å². The number of nitrogens with one attached hydrogen (secondary N) is 1. The SMILES string of the molecule is Fc1ccc2c3c([nH]c2c1)CCN(c1ccc2c(c1)CC=C(N1CCOCC1)S2)C3. The van der Waals surface area contributed by atoms with E-state index in [2.05, 4.69) is 39.1 Å². The van der Waals surface area contributed by atoms with Gasteiger partial charge in [0, 0.05) is 65.3 Å². The van der Waals surface area contributed by atoms with Crippen molar-refractivity contribution in [2.75, 3.05) is 37.7 Å². The Labute approximate surface area is 179 Å². The van der Waals surface area contributed by atoms with Crippen molar-refractivity contribution in [2.24, 2.45) is 0 Å². The number of allylic oxidation sites excluding steroid dienone is 1. The summed E-state index contributed by atoms with van der Waals surface area (Å²) in [6.07, 6.45) is 4.30. The van der Waals surface area contributed by atoms with Crippen LogP contribution in [0.3, 0.4) is 0 Å². The number of hydrogen-bond donors (Lipinski definition) is 1. The standard InChI is InChI=1S/C24H24FN3OS/c25-17-2-4-19-20-15-28(8-7-21(20)26-22(19)14-17)18-3-5-23-16(13-18)1-6-24(30-23)27-9-11-29-12-10-27/h2-6,13-14,26H,1,7-12,15H2. The molecule has 2 aromatic carbocycles. The van der Waals surface area contributed by atoms with Gasteiger partial charge < -0.3 is 19.5 Å². The number of ether oxygens (including phenoxy) is 1. The minimum atomic E-state index is -0.186. The molecule has 3 aliphatic rings. The smallest absolute Gasteiger partial charge is 0.125 e. The number of aromatic nitrogens is 1. The lowest BCUT2D eigenvalue weighted by atomic mass is 10.0. The molecular weight excluding hydrogens is 397 g/mol. The Balaban J connectivity index is 1.24. The quantitative estimate of drug-likeness (QED) is 0.650. The maximum absolute atomic E-state index is 13.6. The summed E-state index contributed by atoms with van der Waals surface area (Å²) >= 11 is 1.88. The van der Waals surface area contributed by atoms with E-state index in [1.165, 1.54) is 32.4 Å². The van der Waals surface area contributed by atoms with Crippen LogP contribution in [0.4, 0.5) is 10.1 Å². The van der Waals surface area contributed by atoms with Gasteiger partial charge in [0.25, 0.3) is 0 Å². The molecule has 30 heavy (non-hydrogen) atoms. The Hall–Kier alpha value is -2.44. The maximum Gasteiger partial charge on any atom is 0.125 e. The second-order valence-corrected chi connectivity index (χ2v) is 9.25. The molecule has 1 N–H and O–H groups in total. The van der Waals surface area contributed by atoms with Crippen LogP contribution in [-0.2, 0) is 24.1 Å². The highest BCUT2D eigenvalue weighted by molar-refractivity contribution is 8.03. The molecule has 0 amide bonds. The number of morpholine rings is 1. The minimum absolute atomic E-state index is 0.186. The van der Waals surface area contributed by atoms with E-state index in [1.54, 1.807) is 12.1 Å². The lowest BCUT2D eigenvalue weighted by molar-refractivity contribution is 0.0575. The molecule has 6 heteroatoms. The van der Waals surface area contributed by atoms with Crippen molar-refractivity contribution < 1.29 is 9.13 Å². The largest absolute Gasteiger partial charge is 0.378 e. The number of rotatable bonds is 2. The number of fused-ring (bicyclic) bond motifs is 4. The third-order valence-electron chi connectivity index (χ3n) is 6.38. The maximum atomic E-state index is 13.6. The number of nitrogens with zero attached hydrogens (tertiary/aromatic N) is 2.